The number of hydrogen-bond donors (Lipinski definition) is 3. The van der Waals surface area contributed by atoms with Crippen molar-refractivity contribution in [2.75, 3.05) is 18.4 Å². The lowest BCUT2D eigenvalue weighted by atomic mass is 9.95. The van der Waals surface area contributed by atoms with E-state index in [9.17, 15) is 22.8 Å². The molecule has 132 valence electrons. The number of benzene rings is 1. The van der Waals surface area contributed by atoms with Crippen LogP contribution in [0, 0.1) is 5.92 Å². The summed E-state index contributed by atoms with van der Waals surface area (Å²) in [6, 6.07) is 4.39. The van der Waals surface area contributed by atoms with Gasteiger partial charge in [0.2, 0.25) is 5.91 Å². The molecule has 1 aliphatic rings. The average molecular weight is 344 g/mol. The molecule has 0 spiro atoms. The van der Waals surface area contributed by atoms with E-state index in [1.165, 1.54) is 18.2 Å². The predicted octanol–water partition coefficient (Wildman–Crippen LogP) is 0.813. The van der Waals surface area contributed by atoms with Crippen molar-refractivity contribution in [2.24, 2.45) is 11.7 Å². The Bertz CT molecular complexity index is 611. The lowest BCUT2D eigenvalue weighted by Gasteiger charge is -2.31. The number of halogens is 3. The van der Waals surface area contributed by atoms with Gasteiger partial charge in [0.25, 0.3) is 5.91 Å². The molecule has 0 aliphatic carbocycles. The zero-order valence-corrected chi connectivity index (χ0v) is 13.3. The van der Waals surface area contributed by atoms with Gasteiger partial charge in [-0.3, -0.25) is 9.59 Å². The Balaban J connectivity index is 2.02. The number of piperidine rings is 1. The lowest BCUT2D eigenvalue weighted by molar-refractivity contribution is -0.919. The third-order valence-corrected chi connectivity index (χ3v) is 4.53. The highest BCUT2D eigenvalue weighted by molar-refractivity contribution is 5.94. The standard InChI is InChI=1S/C16H20F3N3O2/c1-10(22-8-6-11(7-9-22)14(20)23)15(24)21-13-5-3-2-4-12(13)16(17,18)19/h2-5,10-11H,6-9H2,1H3,(H2,20,23)(H,21,24)/p+1/t10-/m1/s1. The Morgan fingerprint density at radius 2 is 1.83 bits per heavy atom. The Hall–Kier alpha value is -2.09. The zero-order valence-electron chi connectivity index (χ0n) is 13.3. The Labute approximate surface area is 138 Å². The number of alkyl halides is 3. The topological polar surface area (TPSA) is 76.6 Å². The second kappa shape index (κ2) is 7.21. The third kappa shape index (κ3) is 4.25. The van der Waals surface area contributed by atoms with Crippen LogP contribution in [0.3, 0.4) is 0 Å². The van der Waals surface area contributed by atoms with Crippen LogP contribution in [-0.2, 0) is 15.8 Å². The number of carbonyl (C=O) groups is 2. The average Bonchev–Trinajstić information content (AvgIpc) is 2.53. The van der Waals surface area contributed by atoms with Crippen LogP contribution in [0.2, 0.25) is 0 Å². The Morgan fingerprint density at radius 1 is 1.25 bits per heavy atom. The molecule has 5 nitrogen and oxygen atoms in total. The fourth-order valence-corrected chi connectivity index (χ4v) is 2.97. The summed E-state index contributed by atoms with van der Waals surface area (Å²) in [5, 5.41) is 2.38. The first-order valence-corrected chi connectivity index (χ1v) is 7.81. The Kier molecular flexibility index (Phi) is 5.48. The second-order valence-electron chi connectivity index (χ2n) is 6.09. The second-order valence-corrected chi connectivity index (χ2v) is 6.09. The molecule has 0 radical (unpaired) electrons. The van der Waals surface area contributed by atoms with E-state index in [1.54, 1.807) is 6.92 Å². The number of quaternary nitrogens is 1. The van der Waals surface area contributed by atoms with E-state index < -0.39 is 23.7 Å². The largest absolute Gasteiger partial charge is 0.418 e. The highest BCUT2D eigenvalue weighted by atomic mass is 19.4. The van der Waals surface area contributed by atoms with E-state index in [-0.39, 0.29) is 17.5 Å². The van der Waals surface area contributed by atoms with Crippen LogP contribution < -0.4 is 16.0 Å². The lowest BCUT2D eigenvalue weighted by Crippen LogP contribution is -3.17. The molecule has 0 unspecified atom stereocenters. The van der Waals surface area contributed by atoms with E-state index in [1.807, 2.05) is 0 Å². The van der Waals surface area contributed by atoms with Crippen LogP contribution in [0.1, 0.15) is 25.3 Å². The fourth-order valence-electron chi connectivity index (χ4n) is 2.97. The highest BCUT2D eigenvalue weighted by Crippen LogP contribution is 2.34. The van der Waals surface area contributed by atoms with Crippen molar-refractivity contribution in [3.8, 4) is 0 Å². The summed E-state index contributed by atoms with van der Waals surface area (Å²) in [5.41, 5.74) is 4.16. The van der Waals surface area contributed by atoms with Crippen LogP contribution in [0.15, 0.2) is 24.3 Å². The molecule has 0 aromatic heterocycles. The van der Waals surface area contributed by atoms with Crippen LogP contribution in [0.4, 0.5) is 18.9 Å². The Morgan fingerprint density at radius 3 is 2.38 bits per heavy atom. The number of carbonyl (C=O) groups excluding carboxylic acids is 2. The first kappa shape index (κ1) is 18.3. The summed E-state index contributed by atoms with van der Waals surface area (Å²) >= 11 is 0. The molecule has 1 aliphatic heterocycles. The fraction of sp³-hybridized carbons (Fsp3) is 0.500. The number of amides is 2. The zero-order chi connectivity index (χ0) is 17.9. The van der Waals surface area contributed by atoms with E-state index in [2.05, 4.69) is 5.32 Å². The molecule has 1 aromatic rings. The summed E-state index contributed by atoms with van der Waals surface area (Å²) in [7, 11) is 0. The number of hydrogen-bond acceptors (Lipinski definition) is 2. The van der Waals surface area contributed by atoms with E-state index in [4.69, 9.17) is 5.73 Å². The SMILES string of the molecule is C[C@H](C(=O)Nc1ccccc1C(F)(F)F)[NH+]1CCC(C(N)=O)CC1. The minimum absolute atomic E-state index is 0.185. The third-order valence-electron chi connectivity index (χ3n) is 4.53. The molecular formula is C16H21F3N3O2+. The monoisotopic (exact) mass is 344 g/mol. The summed E-state index contributed by atoms with van der Waals surface area (Å²) in [6.07, 6.45) is -3.36. The minimum Gasteiger partial charge on any atom is -0.369 e. The van der Waals surface area contributed by atoms with E-state index in [0.29, 0.717) is 25.9 Å². The van der Waals surface area contributed by atoms with Crippen molar-refractivity contribution >= 4 is 17.5 Å². The summed E-state index contributed by atoms with van der Waals surface area (Å²) in [4.78, 5) is 24.4. The van der Waals surface area contributed by atoms with E-state index >= 15 is 0 Å². The molecular weight excluding hydrogens is 323 g/mol. The van der Waals surface area contributed by atoms with Gasteiger partial charge in [-0.2, -0.15) is 13.2 Å². The van der Waals surface area contributed by atoms with Crippen molar-refractivity contribution < 1.29 is 27.7 Å². The number of rotatable bonds is 4. The molecule has 0 bridgehead atoms. The van der Waals surface area contributed by atoms with Gasteiger partial charge < -0.3 is 16.0 Å². The predicted molar refractivity (Wildman–Crippen MR) is 82.2 cm³/mol. The van der Waals surface area contributed by atoms with Crippen LogP contribution >= 0.6 is 0 Å². The molecule has 0 saturated carbocycles. The van der Waals surface area contributed by atoms with Gasteiger partial charge in [-0.15, -0.1) is 0 Å². The normalized spacial score (nSPS) is 22.7. The van der Waals surface area contributed by atoms with E-state index in [0.717, 1.165) is 11.0 Å². The van der Waals surface area contributed by atoms with Crippen molar-refractivity contribution in [1.29, 1.82) is 0 Å². The molecule has 1 heterocycles. The van der Waals surface area contributed by atoms with Gasteiger partial charge in [-0.25, -0.2) is 0 Å². The maximum Gasteiger partial charge on any atom is 0.418 e. The first-order valence-electron chi connectivity index (χ1n) is 7.81. The summed E-state index contributed by atoms with van der Waals surface area (Å²) in [5.74, 6) is -1.00. The molecule has 8 heteroatoms. The number of likely N-dealkylation sites (tertiary alicyclic amines) is 1. The quantitative estimate of drug-likeness (QED) is 0.756. The first-order chi connectivity index (χ1) is 11.2. The van der Waals surface area contributed by atoms with Crippen molar-refractivity contribution in [2.45, 2.75) is 32.0 Å². The van der Waals surface area contributed by atoms with Gasteiger partial charge in [-0.1, -0.05) is 12.1 Å². The van der Waals surface area contributed by atoms with Crippen molar-refractivity contribution in [3.05, 3.63) is 29.8 Å². The highest BCUT2D eigenvalue weighted by Gasteiger charge is 2.35. The van der Waals surface area contributed by atoms with Gasteiger partial charge in [0, 0.05) is 18.8 Å². The van der Waals surface area contributed by atoms with Crippen molar-refractivity contribution in [1.82, 2.24) is 0 Å². The molecule has 24 heavy (non-hydrogen) atoms. The molecule has 1 atom stereocenters. The van der Waals surface area contributed by atoms with Gasteiger partial charge in [0.15, 0.2) is 6.04 Å². The van der Waals surface area contributed by atoms with Gasteiger partial charge in [0.1, 0.15) is 0 Å². The smallest absolute Gasteiger partial charge is 0.369 e. The summed E-state index contributed by atoms with van der Waals surface area (Å²) < 4.78 is 38.9. The van der Waals surface area contributed by atoms with Crippen LogP contribution in [0.5, 0.6) is 0 Å². The molecule has 4 N–H and O–H groups in total. The molecule has 2 rings (SSSR count). The minimum atomic E-state index is -4.53. The van der Waals surface area contributed by atoms with Crippen molar-refractivity contribution in [3.63, 3.8) is 0 Å². The number of nitrogens with two attached hydrogens (primary N) is 1. The molecule has 1 aromatic carbocycles. The number of anilines is 1. The molecule has 1 fully saturated rings. The number of primary amides is 1. The van der Waals surface area contributed by atoms with Crippen LogP contribution in [-0.4, -0.2) is 30.9 Å². The van der Waals surface area contributed by atoms with Gasteiger partial charge >= 0.3 is 6.18 Å². The van der Waals surface area contributed by atoms with Gasteiger partial charge in [-0.05, 0) is 19.1 Å². The maximum absolute atomic E-state index is 13.0. The summed E-state index contributed by atoms with van der Waals surface area (Å²) in [6.45, 7) is 2.84. The number of para-hydroxylation sites is 1. The number of nitrogens with one attached hydrogen (secondary N) is 2. The van der Waals surface area contributed by atoms with Crippen LogP contribution in [0.25, 0.3) is 0 Å². The molecule has 2 amide bonds. The molecule has 1 saturated heterocycles. The maximum atomic E-state index is 13.0. The van der Waals surface area contributed by atoms with Gasteiger partial charge in [0.05, 0.1) is 24.3 Å².